The lowest BCUT2D eigenvalue weighted by molar-refractivity contribution is -0.121. The van der Waals surface area contributed by atoms with Crippen LogP contribution in [0.3, 0.4) is 0 Å². The number of carbonyl (C=O) groups is 2. The van der Waals surface area contributed by atoms with Gasteiger partial charge in [0.05, 0.1) is 29.1 Å². The first-order valence-corrected chi connectivity index (χ1v) is 10.3. The second kappa shape index (κ2) is 7.72. The molecule has 0 aliphatic carbocycles. The Morgan fingerprint density at radius 2 is 2.07 bits per heavy atom. The molecule has 3 heterocycles. The van der Waals surface area contributed by atoms with Gasteiger partial charge in [-0.3, -0.25) is 9.59 Å². The summed E-state index contributed by atoms with van der Waals surface area (Å²) in [4.78, 5) is 30.3. The molecule has 0 radical (unpaired) electrons. The Hall–Kier alpha value is -2.73. The minimum absolute atomic E-state index is 0.103. The van der Waals surface area contributed by atoms with Gasteiger partial charge >= 0.3 is 0 Å². The van der Waals surface area contributed by atoms with Gasteiger partial charge in [0.15, 0.2) is 11.6 Å². The van der Waals surface area contributed by atoms with Gasteiger partial charge < -0.3 is 9.30 Å². The van der Waals surface area contributed by atoms with E-state index in [0.717, 1.165) is 21.2 Å². The number of nitrogens with zero attached hydrogens (tertiary/aromatic N) is 2. The van der Waals surface area contributed by atoms with Crippen molar-refractivity contribution < 1.29 is 14.3 Å². The Bertz CT molecular complexity index is 1000. The number of fused-ring (bicyclic) bond motifs is 1. The van der Waals surface area contributed by atoms with E-state index in [1.165, 1.54) is 11.3 Å². The summed E-state index contributed by atoms with van der Waals surface area (Å²) in [6, 6.07) is 11.3. The maximum Gasteiger partial charge on any atom is 0.179 e. The summed E-state index contributed by atoms with van der Waals surface area (Å²) in [5.74, 6) is 1.05. The van der Waals surface area contributed by atoms with Crippen molar-refractivity contribution in [1.29, 1.82) is 0 Å². The third kappa shape index (κ3) is 3.78. The maximum absolute atomic E-state index is 12.8. The van der Waals surface area contributed by atoms with Crippen LogP contribution >= 0.6 is 11.3 Å². The average molecular weight is 394 g/mol. The summed E-state index contributed by atoms with van der Waals surface area (Å²) in [6.45, 7) is 4.00. The summed E-state index contributed by atoms with van der Waals surface area (Å²) in [7, 11) is 0. The Morgan fingerprint density at radius 1 is 1.29 bits per heavy atom. The number of benzene rings is 1. The molecule has 0 saturated carbocycles. The average Bonchev–Trinajstić information content (AvgIpc) is 3.32. The Kier molecular flexibility index (Phi) is 5.13. The summed E-state index contributed by atoms with van der Waals surface area (Å²) < 4.78 is 7.49. The molecule has 1 aliphatic heterocycles. The SMILES string of the molecule is CC(C)Oc1ccc(-c2cnc(CC(=O)C3CCC(=O)c4cccn43)s2)cc1. The number of carbonyl (C=O) groups excluding carboxylic acids is 2. The number of thiazole rings is 1. The third-order valence-corrected chi connectivity index (χ3v) is 5.85. The van der Waals surface area contributed by atoms with Crippen molar-refractivity contribution in [2.24, 2.45) is 0 Å². The molecule has 5 nitrogen and oxygen atoms in total. The smallest absolute Gasteiger partial charge is 0.179 e. The van der Waals surface area contributed by atoms with Crippen LogP contribution in [0.25, 0.3) is 10.4 Å². The van der Waals surface area contributed by atoms with E-state index in [4.69, 9.17) is 4.74 Å². The number of ether oxygens (including phenoxy) is 1. The topological polar surface area (TPSA) is 61.2 Å². The highest BCUT2D eigenvalue weighted by atomic mass is 32.1. The van der Waals surface area contributed by atoms with Crippen LogP contribution in [0.5, 0.6) is 5.75 Å². The molecule has 0 spiro atoms. The van der Waals surface area contributed by atoms with E-state index >= 15 is 0 Å². The van der Waals surface area contributed by atoms with Crippen molar-refractivity contribution >= 4 is 22.9 Å². The van der Waals surface area contributed by atoms with Gasteiger partial charge in [-0.1, -0.05) is 0 Å². The Balaban J connectivity index is 1.46. The number of aromatic nitrogens is 2. The van der Waals surface area contributed by atoms with Crippen LogP contribution in [0, 0.1) is 0 Å². The molecule has 2 aromatic heterocycles. The fraction of sp³-hybridized carbons (Fsp3) is 0.318. The number of Topliss-reactive ketones (excluding diaryl/α,β-unsaturated/α-hetero) is 2. The second-order valence-electron chi connectivity index (χ2n) is 7.23. The molecule has 0 bridgehead atoms. The van der Waals surface area contributed by atoms with Gasteiger partial charge in [0, 0.05) is 18.8 Å². The molecule has 1 aromatic carbocycles. The van der Waals surface area contributed by atoms with E-state index in [-0.39, 0.29) is 30.1 Å². The summed E-state index contributed by atoms with van der Waals surface area (Å²) in [5, 5.41) is 0.799. The maximum atomic E-state index is 12.8. The number of rotatable bonds is 6. The number of ketones is 2. The van der Waals surface area contributed by atoms with Crippen LogP contribution in [0.2, 0.25) is 0 Å². The Labute approximate surface area is 168 Å². The first-order valence-electron chi connectivity index (χ1n) is 9.46. The zero-order chi connectivity index (χ0) is 19.7. The molecule has 28 heavy (non-hydrogen) atoms. The van der Waals surface area contributed by atoms with E-state index in [9.17, 15) is 9.59 Å². The van der Waals surface area contributed by atoms with Crippen LogP contribution < -0.4 is 4.74 Å². The van der Waals surface area contributed by atoms with Gasteiger partial charge in [-0.2, -0.15) is 0 Å². The molecule has 3 aromatic rings. The van der Waals surface area contributed by atoms with Gasteiger partial charge in [-0.25, -0.2) is 4.98 Å². The summed E-state index contributed by atoms with van der Waals surface area (Å²) in [5.41, 5.74) is 1.69. The van der Waals surface area contributed by atoms with E-state index in [0.29, 0.717) is 18.5 Å². The molecule has 0 N–H and O–H groups in total. The lowest BCUT2D eigenvalue weighted by Gasteiger charge is -2.24. The molecule has 1 atom stereocenters. The standard InChI is InChI=1S/C22H22N2O3S/c1-14(2)27-16-7-5-15(6-8-16)21-13-23-22(28-21)12-20(26)18-9-10-19(25)17-4-3-11-24(17)18/h3-8,11,13-14,18H,9-10,12H2,1-2H3. The van der Waals surface area contributed by atoms with Gasteiger partial charge in [-0.05, 0) is 62.2 Å². The largest absolute Gasteiger partial charge is 0.491 e. The molecular formula is C22H22N2O3S. The molecule has 6 heteroatoms. The first kappa shape index (κ1) is 18.6. The predicted octanol–water partition coefficient (Wildman–Crippen LogP) is 4.73. The molecule has 1 aliphatic rings. The van der Waals surface area contributed by atoms with Crippen molar-refractivity contribution in [2.45, 2.75) is 45.3 Å². The number of hydrogen-bond acceptors (Lipinski definition) is 5. The lowest BCUT2D eigenvalue weighted by Crippen LogP contribution is -2.28. The molecule has 144 valence electrons. The van der Waals surface area contributed by atoms with E-state index in [1.807, 2.05) is 61.1 Å². The molecule has 4 rings (SSSR count). The van der Waals surface area contributed by atoms with Gasteiger partial charge in [0.1, 0.15) is 10.8 Å². The fourth-order valence-corrected chi connectivity index (χ4v) is 4.45. The third-order valence-electron chi connectivity index (χ3n) is 4.81. The van der Waals surface area contributed by atoms with Crippen molar-refractivity contribution in [2.75, 3.05) is 0 Å². The van der Waals surface area contributed by atoms with Gasteiger partial charge in [0.2, 0.25) is 0 Å². The highest BCUT2D eigenvalue weighted by molar-refractivity contribution is 7.15. The van der Waals surface area contributed by atoms with Crippen LogP contribution in [-0.4, -0.2) is 27.2 Å². The van der Waals surface area contributed by atoms with Gasteiger partial charge in [-0.15, -0.1) is 11.3 Å². The van der Waals surface area contributed by atoms with Gasteiger partial charge in [0.25, 0.3) is 0 Å². The molecule has 0 amide bonds. The zero-order valence-electron chi connectivity index (χ0n) is 15.9. The number of hydrogen-bond donors (Lipinski definition) is 0. The first-order chi connectivity index (χ1) is 13.5. The van der Waals surface area contributed by atoms with Crippen molar-refractivity contribution in [3.8, 4) is 16.2 Å². The zero-order valence-corrected chi connectivity index (χ0v) is 16.7. The molecule has 0 fully saturated rings. The van der Waals surface area contributed by atoms with Crippen LogP contribution in [0.1, 0.15) is 48.2 Å². The van der Waals surface area contributed by atoms with Crippen molar-refractivity contribution in [3.63, 3.8) is 0 Å². The highest BCUT2D eigenvalue weighted by Gasteiger charge is 2.29. The highest BCUT2D eigenvalue weighted by Crippen LogP contribution is 2.31. The second-order valence-corrected chi connectivity index (χ2v) is 8.35. The van der Waals surface area contributed by atoms with Crippen molar-refractivity contribution in [1.82, 2.24) is 9.55 Å². The molecular weight excluding hydrogens is 372 g/mol. The predicted molar refractivity (Wildman–Crippen MR) is 109 cm³/mol. The van der Waals surface area contributed by atoms with Crippen LogP contribution in [-0.2, 0) is 11.2 Å². The fourth-order valence-electron chi connectivity index (χ4n) is 3.52. The molecule has 1 unspecified atom stereocenters. The summed E-state index contributed by atoms with van der Waals surface area (Å²) in [6.07, 6.45) is 5.06. The quantitative estimate of drug-likeness (QED) is 0.606. The van der Waals surface area contributed by atoms with E-state index in [2.05, 4.69) is 4.98 Å². The van der Waals surface area contributed by atoms with Crippen molar-refractivity contribution in [3.05, 3.63) is 59.5 Å². The normalized spacial score (nSPS) is 16.2. The monoisotopic (exact) mass is 394 g/mol. The van der Waals surface area contributed by atoms with Crippen LogP contribution in [0.4, 0.5) is 0 Å². The van der Waals surface area contributed by atoms with E-state index in [1.54, 1.807) is 6.07 Å². The Morgan fingerprint density at radius 3 is 2.82 bits per heavy atom. The van der Waals surface area contributed by atoms with E-state index < -0.39 is 0 Å². The minimum Gasteiger partial charge on any atom is -0.491 e. The van der Waals surface area contributed by atoms with Crippen LogP contribution in [0.15, 0.2) is 48.8 Å². The minimum atomic E-state index is -0.275. The molecule has 0 saturated heterocycles. The lowest BCUT2D eigenvalue weighted by atomic mass is 9.97. The summed E-state index contributed by atoms with van der Waals surface area (Å²) >= 11 is 1.53.